The lowest BCUT2D eigenvalue weighted by Crippen LogP contribution is -2.51. The van der Waals surface area contributed by atoms with Crippen LogP contribution in [0.25, 0.3) is 0 Å². The minimum Gasteiger partial charge on any atom is -0.355 e. The monoisotopic (exact) mass is 486 g/mol. The Labute approximate surface area is 203 Å². The molecule has 0 aliphatic rings. The van der Waals surface area contributed by atoms with Crippen molar-refractivity contribution < 1.29 is 14.0 Å². The molecule has 0 saturated carbocycles. The van der Waals surface area contributed by atoms with Crippen LogP contribution in [0.2, 0.25) is 10.0 Å². The summed E-state index contributed by atoms with van der Waals surface area (Å²) in [7, 11) is 0. The summed E-state index contributed by atoms with van der Waals surface area (Å²) >= 11 is 12.5. The number of carbonyl (C=O) groups excluding carboxylic acids is 2. The highest BCUT2D eigenvalue weighted by Gasteiger charge is 2.31. The average Bonchev–Trinajstić information content (AvgIpc) is 2.80. The molecule has 0 saturated heterocycles. The number of carbonyl (C=O) groups is 2. The Balaban J connectivity index is 2.01. The van der Waals surface area contributed by atoms with E-state index >= 15 is 0 Å². The van der Waals surface area contributed by atoms with Crippen molar-refractivity contribution >= 4 is 35.0 Å². The lowest BCUT2D eigenvalue weighted by atomic mass is 10.0. The minimum atomic E-state index is -0.818. The van der Waals surface area contributed by atoms with Crippen LogP contribution < -0.4 is 5.32 Å². The van der Waals surface area contributed by atoms with Crippen LogP contribution in [0.3, 0.4) is 0 Å². The van der Waals surface area contributed by atoms with Gasteiger partial charge in [0.2, 0.25) is 11.8 Å². The third kappa shape index (κ3) is 6.56. The molecule has 0 spiro atoms. The van der Waals surface area contributed by atoms with E-state index in [1.54, 1.807) is 18.2 Å². The zero-order valence-corrected chi connectivity index (χ0v) is 19.7. The van der Waals surface area contributed by atoms with Gasteiger partial charge in [-0.1, -0.05) is 77.8 Å². The molecular weight excluding hydrogens is 462 g/mol. The summed E-state index contributed by atoms with van der Waals surface area (Å²) in [4.78, 5) is 28.1. The summed E-state index contributed by atoms with van der Waals surface area (Å²) in [5, 5.41) is 3.47. The van der Waals surface area contributed by atoms with E-state index in [-0.39, 0.29) is 29.5 Å². The SMILES string of the molecule is CCNC(=O)[C@@H](Cc1ccccc1)N(Cc1ccccc1Cl)C(=O)Cc1c(F)cccc1Cl. The third-order valence-corrected chi connectivity index (χ3v) is 6.03. The summed E-state index contributed by atoms with van der Waals surface area (Å²) in [6.07, 6.45) is 0.0223. The second-order valence-corrected chi connectivity index (χ2v) is 8.40. The van der Waals surface area contributed by atoms with Crippen molar-refractivity contribution in [1.82, 2.24) is 10.2 Å². The lowest BCUT2D eigenvalue weighted by Gasteiger charge is -2.32. The first-order chi connectivity index (χ1) is 15.9. The van der Waals surface area contributed by atoms with Crippen molar-refractivity contribution in [2.24, 2.45) is 0 Å². The summed E-state index contributed by atoms with van der Waals surface area (Å²) in [5.41, 5.74) is 1.69. The third-order valence-electron chi connectivity index (χ3n) is 5.31. The summed E-state index contributed by atoms with van der Waals surface area (Å²) in [5.74, 6) is -1.28. The maximum absolute atomic E-state index is 14.4. The Kier molecular flexibility index (Phi) is 8.87. The minimum absolute atomic E-state index is 0.0964. The number of nitrogens with zero attached hydrogens (tertiary/aromatic N) is 1. The number of halogens is 3. The van der Waals surface area contributed by atoms with E-state index in [2.05, 4.69) is 5.32 Å². The molecule has 3 aromatic carbocycles. The maximum atomic E-state index is 14.4. The van der Waals surface area contributed by atoms with E-state index in [1.165, 1.54) is 23.1 Å². The van der Waals surface area contributed by atoms with Crippen molar-refractivity contribution in [3.05, 3.63) is 105 Å². The van der Waals surface area contributed by atoms with Crippen LogP contribution >= 0.6 is 23.2 Å². The van der Waals surface area contributed by atoms with Gasteiger partial charge >= 0.3 is 0 Å². The molecule has 1 atom stereocenters. The Morgan fingerprint density at radius 3 is 2.27 bits per heavy atom. The highest BCUT2D eigenvalue weighted by Crippen LogP contribution is 2.24. The van der Waals surface area contributed by atoms with E-state index in [9.17, 15) is 14.0 Å². The van der Waals surface area contributed by atoms with Gasteiger partial charge in [0.1, 0.15) is 11.9 Å². The van der Waals surface area contributed by atoms with E-state index in [1.807, 2.05) is 43.3 Å². The van der Waals surface area contributed by atoms with Crippen molar-refractivity contribution in [2.45, 2.75) is 32.4 Å². The second-order valence-electron chi connectivity index (χ2n) is 7.59. The first-order valence-corrected chi connectivity index (χ1v) is 11.4. The predicted molar refractivity (Wildman–Crippen MR) is 130 cm³/mol. The van der Waals surface area contributed by atoms with Crippen LogP contribution in [0.5, 0.6) is 0 Å². The number of rotatable bonds is 9. The number of hydrogen-bond acceptors (Lipinski definition) is 2. The second kappa shape index (κ2) is 11.8. The highest BCUT2D eigenvalue weighted by molar-refractivity contribution is 6.31. The smallest absolute Gasteiger partial charge is 0.243 e. The molecule has 3 rings (SSSR count). The number of benzene rings is 3. The zero-order chi connectivity index (χ0) is 23.8. The molecule has 1 N–H and O–H groups in total. The molecule has 0 aromatic heterocycles. The molecule has 0 unspecified atom stereocenters. The van der Waals surface area contributed by atoms with Gasteiger partial charge in [0.25, 0.3) is 0 Å². The average molecular weight is 487 g/mol. The van der Waals surface area contributed by atoms with Crippen LogP contribution in [-0.4, -0.2) is 29.3 Å². The molecule has 4 nitrogen and oxygen atoms in total. The van der Waals surface area contributed by atoms with Gasteiger partial charge in [-0.3, -0.25) is 9.59 Å². The number of nitrogens with one attached hydrogen (secondary N) is 1. The molecule has 0 bridgehead atoms. The lowest BCUT2D eigenvalue weighted by molar-refractivity contribution is -0.140. The van der Waals surface area contributed by atoms with Crippen molar-refractivity contribution in [2.75, 3.05) is 6.54 Å². The fourth-order valence-corrected chi connectivity index (χ4v) is 4.04. The van der Waals surface area contributed by atoms with Crippen LogP contribution in [0.15, 0.2) is 72.8 Å². The van der Waals surface area contributed by atoms with Crippen LogP contribution in [0.1, 0.15) is 23.6 Å². The van der Waals surface area contributed by atoms with Gasteiger partial charge in [-0.15, -0.1) is 0 Å². The summed E-state index contributed by atoms with van der Waals surface area (Å²) in [6, 6.07) is 20.1. The fourth-order valence-electron chi connectivity index (χ4n) is 3.61. The van der Waals surface area contributed by atoms with E-state index < -0.39 is 17.8 Å². The predicted octanol–water partition coefficient (Wildman–Crippen LogP) is 5.45. The Hall–Kier alpha value is -2.89. The van der Waals surface area contributed by atoms with Gasteiger partial charge in [-0.05, 0) is 36.2 Å². The van der Waals surface area contributed by atoms with E-state index in [0.717, 1.165) is 5.56 Å². The van der Waals surface area contributed by atoms with Gasteiger partial charge in [-0.2, -0.15) is 0 Å². The molecule has 0 fully saturated rings. The standard InChI is InChI=1S/C26H25Cl2FN2O2/c1-2-30-26(33)24(15-18-9-4-3-5-10-18)31(17-19-11-6-7-12-21(19)27)25(32)16-20-22(28)13-8-14-23(20)29/h3-14,24H,2,15-17H2,1H3,(H,30,33)/t24-/m1/s1. The van der Waals surface area contributed by atoms with Crippen molar-refractivity contribution in [1.29, 1.82) is 0 Å². The molecule has 172 valence electrons. The molecule has 0 radical (unpaired) electrons. The number of hydrogen-bond donors (Lipinski definition) is 1. The molecule has 0 aliphatic carbocycles. The van der Waals surface area contributed by atoms with Crippen molar-refractivity contribution in [3.8, 4) is 0 Å². The quantitative estimate of drug-likeness (QED) is 0.437. The Morgan fingerprint density at radius 1 is 0.939 bits per heavy atom. The van der Waals surface area contributed by atoms with Gasteiger partial charge in [0.05, 0.1) is 6.42 Å². The summed E-state index contributed by atoms with van der Waals surface area (Å²) in [6.45, 7) is 2.33. The molecule has 7 heteroatoms. The number of likely N-dealkylation sites (N-methyl/N-ethyl adjacent to an activating group) is 1. The first kappa shape index (κ1) is 24.7. The molecule has 0 heterocycles. The van der Waals surface area contributed by atoms with E-state index in [4.69, 9.17) is 23.2 Å². The zero-order valence-electron chi connectivity index (χ0n) is 18.2. The van der Waals surface area contributed by atoms with Gasteiger partial charge < -0.3 is 10.2 Å². The van der Waals surface area contributed by atoms with Crippen LogP contribution in [0, 0.1) is 5.82 Å². The fraction of sp³-hybridized carbons (Fsp3) is 0.231. The topological polar surface area (TPSA) is 49.4 Å². The Bertz CT molecular complexity index is 1090. The normalized spacial score (nSPS) is 11.6. The molecule has 0 aliphatic heterocycles. The van der Waals surface area contributed by atoms with Gasteiger partial charge in [0, 0.05) is 35.1 Å². The molecule has 3 aromatic rings. The van der Waals surface area contributed by atoms with Crippen LogP contribution in [0.4, 0.5) is 4.39 Å². The molecule has 33 heavy (non-hydrogen) atoms. The summed E-state index contributed by atoms with van der Waals surface area (Å²) < 4.78 is 14.4. The highest BCUT2D eigenvalue weighted by atomic mass is 35.5. The van der Waals surface area contributed by atoms with Gasteiger partial charge in [-0.25, -0.2) is 4.39 Å². The first-order valence-electron chi connectivity index (χ1n) is 10.7. The largest absolute Gasteiger partial charge is 0.355 e. The molecule has 2 amide bonds. The number of amides is 2. The van der Waals surface area contributed by atoms with Crippen molar-refractivity contribution in [3.63, 3.8) is 0 Å². The maximum Gasteiger partial charge on any atom is 0.243 e. The Morgan fingerprint density at radius 2 is 1.61 bits per heavy atom. The van der Waals surface area contributed by atoms with Crippen LogP contribution in [-0.2, 0) is 29.0 Å². The van der Waals surface area contributed by atoms with E-state index in [0.29, 0.717) is 23.6 Å². The molecular formula is C26H25Cl2FN2O2. The van der Waals surface area contributed by atoms with Gasteiger partial charge in [0.15, 0.2) is 0 Å².